The lowest BCUT2D eigenvalue weighted by Crippen LogP contribution is -2.41. The molecular weight excluding hydrogens is 470 g/mol. The van der Waals surface area contributed by atoms with Gasteiger partial charge in [0.25, 0.3) is 17.7 Å². The van der Waals surface area contributed by atoms with Crippen molar-refractivity contribution in [2.45, 2.75) is 0 Å². The third-order valence-electron chi connectivity index (χ3n) is 5.23. The number of amides is 3. The molecule has 33 heavy (non-hydrogen) atoms. The van der Waals surface area contributed by atoms with Crippen LogP contribution < -0.4 is 9.64 Å². The summed E-state index contributed by atoms with van der Waals surface area (Å²) in [6.07, 6.45) is 0. The molecule has 1 heterocycles. The molecule has 9 heteroatoms. The molecule has 0 unspecified atom stereocenters. The predicted molar refractivity (Wildman–Crippen MR) is 123 cm³/mol. The van der Waals surface area contributed by atoms with E-state index in [1.54, 1.807) is 30.3 Å². The normalized spacial score (nSPS) is 12.7. The first-order chi connectivity index (χ1) is 15.8. The van der Waals surface area contributed by atoms with Crippen LogP contribution >= 0.6 is 23.2 Å². The highest BCUT2D eigenvalue weighted by Gasteiger charge is 2.35. The fourth-order valence-electron chi connectivity index (χ4n) is 3.71. The van der Waals surface area contributed by atoms with Gasteiger partial charge in [0.1, 0.15) is 11.6 Å². The van der Waals surface area contributed by atoms with E-state index in [9.17, 15) is 18.8 Å². The molecule has 3 amide bonds. The van der Waals surface area contributed by atoms with Crippen LogP contribution in [0.25, 0.3) is 0 Å². The highest BCUT2D eigenvalue weighted by Crippen LogP contribution is 2.34. The van der Waals surface area contributed by atoms with Gasteiger partial charge in [-0.15, -0.1) is 0 Å². The van der Waals surface area contributed by atoms with Crippen LogP contribution in [0.5, 0.6) is 5.75 Å². The lowest BCUT2D eigenvalue weighted by Gasteiger charge is -2.26. The summed E-state index contributed by atoms with van der Waals surface area (Å²) in [5.41, 5.74) is 0.889. The minimum atomic E-state index is -0.585. The van der Waals surface area contributed by atoms with Crippen molar-refractivity contribution < 1.29 is 23.5 Å². The molecule has 3 aromatic rings. The summed E-state index contributed by atoms with van der Waals surface area (Å²) in [6, 6.07) is 14.7. The van der Waals surface area contributed by atoms with E-state index in [4.69, 9.17) is 27.9 Å². The molecule has 6 nitrogen and oxygen atoms in total. The molecular formula is C24H17Cl2FN2O4. The Balaban J connectivity index is 1.68. The van der Waals surface area contributed by atoms with Crippen molar-refractivity contribution in [3.05, 3.63) is 93.2 Å². The highest BCUT2D eigenvalue weighted by atomic mass is 35.5. The van der Waals surface area contributed by atoms with Crippen molar-refractivity contribution in [2.24, 2.45) is 0 Å². The Hall–Kier alpha value is -3.42. The molecule has 0 radical (unpaired) electrons. The van der Waals surface area contributed by atoms with Crippen molar-refractivity contribution >= 4 is 46.6 Å². The van der Waals surface area contributed by atoms with Gasteiger partial charge in [0, 0.05) is 23.8 Å². The molecule has 0 fully saturated rings. The molecule has 0 atom stereocenters. The van der Waals surface area contributed by atoms with Gasteiger partial charge in [-0.1, -0.05) is 41.4 Å². The first-order valence-electron chi connectivity index (χ1n) is 9.87. The van der Waals surface area contributed by atoms with Gasteiger partial charge in [0.2, 0.25) is 0 Å². The number of fused-ring (bicyclic) bond motifs is 1. The number of carbonyl (C=O) groups excluding carboxylic acids is 3. The zero-order valence-electron chi connectivity index (χ0n) is 17.3. The second kappa shape index (κ2) is 9.21. The van der Waals surface area contributed by atoms with Crippen LogP contribution in [-0.4, -0.2) is 42.8 Å². The van der Waals surface area contributed by atoms with E-state index in [-0.39, 0.29) is 40.1 Å². The average Bonchev–Trinajstić information content (AvgIpc) is 3.03. The van der Waals surface area contributed by atoms with E-state index in [1.165, 1.54) is 42.3 Å². The van der Waals surface area contributed by atoms with Gasteiger partial charge in [-0.2, -0.15) is 0 Å². The van der Waals surface area contributed by atoms with Crippen LogP contribution in [0.3, 0.4) is 0 Å². The van der Waals surface area contributed by atoms with Crippen LogP contribution in [0.15, 0.2) is 60.7 Å². The van der Waals surface area contributed by atoms with Gasteiger partial charge in [0.05, 0.1) is 28.8 Å². The minimum absolute atomic E-state index is 0.0571. The number of anilines is 1. The molecule has 0 bridgehead atoms. The van der Waals surface area contributed by atoms with E-state index in [0.29, 0.717) is 11.1 Å². The van der Waals surface area contributed by atoms with Crippen molar-refractivity contribution in [2.75, 3.05) is 25.1 Å². The number of carbonyl (C=O) groups is 3. The second-order valence-corrected chi connectivity index (χ2v) is 8.06. The average molecular weight is 487 g/mol. The quantitative estimate of drug-likeness (QED) is 0.455. The molecule has 0 aliphatic carbocycles. The SMILES string of the molecule is COc1c(Cl)cc(Cl)cc1C(=O)N(CCN1C(=O)c2ccccc2C1=O)c1cccc(F)c1. The Bertz CT molecular complexity index is 1250. The summed E-state index contributed by atoms with van der Waals surface area (Å²) in [5, 5.41) is 0.344. The maximum absolute atomic E-state index is 14.0. The standard InChI is InChI=1S/C24H17Cl2FN2O4/c1-33-21-19(11-14(25)12-20(21)26)24(32)28(16-6-4-5-15(27)13-16)9-10-29-22(30)17-7-2-3-8-18(17)23(29)31/h2-8,11-13H,9-10H2,1H3. The first kappa shape index (κ1) is 22.8. The van der Waals surface area contributed by atoms with Crippen LogP contribution in [0.1, 0.15) is 31.1 Å². The fourth-order valence-corrected chi connectivity index (χ4v) is 4.28. The molecule has 1 aliphatic heterocycles. The summed E-state index contributed by atoms with van der Waals surface area (Å²) in [5.74, 6) is -1.94. The largest absolute Gasteiger partial charge is 0.494 e. The maximum atomic E-state index is 14.0. The van der Waals surface area contributed by atoms with Crippen molar-refractivity contribution in [1.82, 2.24) is 4.90 Å². The number of hydrogen-bond acceptors (Lipinski definition) is 4. The van der Waals surface area contributed by atoms with E-state index in [1.807, 2.05) is 0 Å². The fraction of sp³-hybridized carbons (Fsp3) is 0.125. The van der Waals surface area contributed by atoms with Crippen molar-refractivity contribution in [3.63, 3.8) is 0 Å². The lowest BCUT2D eigenvalue weighted by molar-refractivity contribution is 0.0654. The molecule has 0 N–H and O–H groups in total. The second-order valence-electron chi connectivity index (χ2n) is 7.21. The summed E-state index contributed by atoms with van der Waals surface area (Å²) in [4.78, 5) is 41.3. The van der Waals surface area contributed by atoms with Gasteiger partial charge < -0.3 is 9.64 Å². The van der Waals surface area contributed by atoms with E-state index in [2.05, 4.69) is 0 Å². The molecule has 168 valence electrons. The maximum Gasteiger partial charge on any atom is 0.262 e. The number of methoxy groups -OCH3 is 1. The zero-order chi connectivity index (χ0) is 23.7. The van der Waals surface area contributed by atoms with Gasteiger partial charge in [-0.05, 0) is 42.5 Å². The Morgan fingerprint density at radius 3 is 2.27 bits per heavy atom. The Morgan fingerprint density at radius 2 is 1.67 bits per heavy atom. The van der Waals surface area contributed by atoms with Crippen LogP contribution in [0.2, 0.25) is 10.0 Å². The van der Waals surface area contributed by atoms with Crippen LogP contribution in [-0.2, 0) is 0 Å². The molecule has 0 saturated heterocycles. The Labute approximate surface area is 199 Å². The topological polar surface area (TPSA) is 66.9 Å². The molecule has 4 rings (SSSR count). The number of imide groups is 1. The van der Waals surface area contributed by atoms with E-state index >= 15 is 0 Å². The van der Waals surface area contributed by atoms with Crippen LogP contribution in [0.4, 0.5) is 10.1 Å². The van der Waals surface area contributed by atoms with E-state index in [0.717, 1.165) is 4.90 Å². The highest BCUT2D eigenvalue weighted by molar-refractivity contribution is 6.36. The van der Waals surface area contributed by atoms with Crippen molar-refractivity contribution in [1.29, 1.82) is 0 Å². The van der Waals surface area contributed by atoms with Crippen molar-refractivity contribution in [3.8, 4) is 5.75 Å². The minimum Gasteiger partial charge on any atom is -0.494 e. The zero-order valence-corrected chi connectivity index (χ0v) is 18.9. The summed E-state index contributed by atoms with van der Waals surface area (Å²) >= 11 is 12.3. The van der Waals surface area contributed by atoms with Gasteiger partial charge in [0.15, 0.2) is 0 Å². The number of nitrogens with zero attached hydrogens (tertiary/aromatic N) is 2. The first-order valence-corrected chi connectivity index (χ1v) is 10.6. The van der Waals surface area contributed by atoms with Crippen LogP contribution in [0, 0.1) is 5.82 Å². The lowest BCUT2D eigenvalue weighted by atomic mass is 10.1. The van der Waals surface area contributed by atoms with Gasteiger partial charge >= 0.3 is 0 Å². The third-order valence-corrected chi connectivity index (χ3v) is 5.73. The number of hydrogen-bond donors (Lipinski definition) is 0. The number of benzene rings is 3. The van der Waals surface area contributed by atoms with Gasteiger partial charge in [-0.3, -0.25) is 19.3 Å². The predicted octanol–water partition coefficient (Wildman–Crippen LogP) is 5.08. The summed E-state index contributed by atoms with van der Waals surface area (Å²) < 4.78 is 19.3. The molecule has 0 aromatic heterocycles. The van der Waals surface area contributed by atoms with Gasteiger partial charge in [-0.25, -0.2) is 4.39 Å². The molecule has 1 aliphatic rings. The number of halogens is 3. The Morgan fingerprint density at radius 1 is 1.00 bits per heavy atom. The number of rotatable bonds is 6. The molecule has 0 saturated carbocycles. The van der Waals surface area contributed by atoms with E-state index < -0.39 is 23.5 Å². The summed E-state index contributed by atoms with van der Waals surface area (Å²) in [6.45, 7) is -0.202. The summed E-state index contributed by atoms with van der Waals surface area (Å²) in [7, 11) is 1.36. The monoisotopic (exact) mass is 486 g/mol. The molecule has 0 spiro atoms. The number of ether oxygens (including phenoxy) is 1. The molecule has 3 aromatic carbocycles. The third kappa shape index (κ3) is 4.29. The Kier molecular flexibility index (Phi) is 6.35. The smallest absolute Gasteiger partial charge is 0.262 e.